The maximum atomic E-state index is 11.9. The number of carbonyl (C=O) groups is 1. The highest BCUT2D eigenvalue weighted by Gasteiger charge is 2.24. The fourth-order valence-electron chi connectivity index (χ4n) is 2.10. The molecule has 0 aromatic heterocycles. The van der Waals surface area contributed by atoms with Gasteiger partial charge in [0.25, 0.3) is 0 Å². The second kappa shape index (κ2) is 5.98. The van der Waals surface area contributed by atoms with Gasteiger partial charge >= 0.3 is 0 Å². The predicted molar refractivity (Wildman–Crippen MR) is 69.8 cm³/mol. The highest BCUT2D eigenvalue weighted by Crippen LogP contribution is 2.17. The molecule has 0 spiro atoms. The molecule has 1 aromatic carbocycles. The van der Waals surface area contributed by atoms with Gasteiger partial charge in [0.05, 0.1) is 18.6 Å². The molecule has 1 aliphatic heterocycles. The van der Waals surface area contributed by atoms with Gasteiger partial charge in [-0.05, 0) is 24.5 Å². The molecular formula is C14H20N2O2. The molecule has 2 unspecified atom stereocenters. The molecular weight excluding hydrogens is 228 g/mol. The molecule has 1 saturated heterocycles. The van der Waals surface area contributed by atoms with Crippen LogP contribution in [0.2, 0.25) is 0 Å². The Balaban J connectivity index is 1.93. The van der Waals surface area contributed by atoms with Crippen LogP contribution in [-0.4, -0.2) is 19.1 Å². The Hall–Kier alpha value is -1.39. The molecule has 4 heteroatoms. The van der Waals surface area contributed by atoms with E-state index in [1.165, 1.54) is 0 Å². The van der Waals surface area contributed by atoms with E-state index in [1.54, 1.807) is 0 Å². The van der Waals surface area contributed by atoms with Gasteiger partial charge in [-0.25, -0.2) is 0 Å². The third-order valence-corrected chi connectivity index (χ3v) is 3.37. The third kappa shape index (κ3) is 3.09. The number of nitrogens with two attached hydrogens (primary N) is 1. The minimum absolute atomic E-state index is 0.00997. The SMILES string of the molecule is CC(NC(=O)C1CCOC1)c1ccc(CN)cc1. The summed E-state index contributed by atoms with van der Waals surface area (Å²) >= 11 is 0. The van der Waals surface area contributed by atoms with Crippen molar-refractivity contribution >= 4 is 5.91 Å². The molecule has 4 nitrogen and oxygen atoms in total. The molecule has 1 heterocycles. The molecule has 1 fully saturated rings. The first-order chi connectivity index (χ1) is 8.70. The van der Waals surface area contributed by atoms with Crippen molar-refractivity contribution < 1.29 is 9.53 Å². The maximum Gasteiger partial charge on any atom is 0.225 e. The summed E-state index contributed by atoms with van der Waals surface area (Å²) in [4.78, 5) is 11.9. The van der Waals surface area contributed by atoms with Gasteiger partial charge < -0.3 is 15.8 Å². The number of nitrogens with one attached hydrogen (secondary N) is 1. The number of hydrogen-bond acceptors (Lipinski definition) is 3. The van der Waals surface area contributed by atoms with Crippen molar-refractivity contribution in [3.63, 3.8) is 0 Å². The lowest BCUT2D eigenvalue weighted by Crippen LogP contribution is -2.33. The minimum Gasteiger partial charge on any atom is -0.381 e. The quantitative estimate of drug-likeness (QED) is 0.845. The van der Waals surface area contributed by atoms with Crippen molar-refractivity contribution in [1.82, 2.24) is 5.32 Å². The first-order valence-electron chi connectivity index (χ1n) is 6.37. The summed E-state index contributed by atoms with van der Waals surface area (Å²) in [6.45, 7) is 3.77. The fourth-order valence-corrected chi connectivity index (χ4v) is 2.10. The summed E-state index contributed by atoms with van der Waals surface area (Å²) in [7, 11) is 0. The van der Waals surface area contributed by atoms with Crippen molar-refractivity contribution in [2.45, 2.75) is 25.9 Å². The van der Waals surface area contributed by atoms with Gasteiger partial charge in [-0.2, -0.15) is 0 Å². The molecule has 2 atom stereocenters. The van der Waals surface area contributed by atoms with Crippen LogP contribution < -0.4 is 11.1 Å². The minimum atomic E-state index is 0.00997. The van der Waals surface area contributed by atoms with Crippen LogP contribution in [-0.2, 0) is 16.1 Å². The van der Waals surface area contributed by atoms with Crippen LogP contribution in [0, 0.1) is 5.92 Å². The predicted octanol–water partition coefficient (Wildman–Crippen LogP) is 1.36. The van der Waals surface area contributed by atoms with E-state index in [4.69, 9.17) is 10.5 Å². The van der Waals surface area contributed by atoms with E-state index >= 15 is 0 Å². The smallest absolute Gasteiger partial charge is 0.225 e. The van der Waals surface area contributed by atoms with Crippen LogP contribution in [0.3, 0.4) is 0 Å². The van der Waals surface area contributed by atoms with E-state index in [0.29, 0.717) is 19.8 Å². The summed E-state index contributed by atoms with van der Waals surface area (Å²) < 4.78 is 5.22. The molecule has 98 valence electrons. The molecule has 3 N–H and O–H groups in total. The molecule has 1 amide bonds. The number of hydrogen-bond donors (Lipinski definition) is 2. The summed E-state index contributed by atoms with van der Waals surface area (Å²) in [5.41, 5.74) is 7.75. The molecule has 0 bridgehead atoms. The molecule has 0 saturated carbocycles. The molecule has 0 radical (unpaired) electrons. The lowest BCUT2D eigenvalue weighted by molar-refractivity contribution is -0.125. The summed E-state index contributed by atoms with van der Waals surface area (Å²) in [5, 5.41) is 3.03. The monoisotopic (exact) mass is 248 g/mol. The Kier molecular flexibility index (Phi) is 4.33. The maximum absolute atomic E-state index is 11.9. The van der Waals surface area contributed by atoms with Crippen LogP contribution in [0.1, 0.15) is 30.5 Å². The average molecular weight is 248 g/mol. The molecule has 1 aliphatic rings. The second-order valence-electron chi connectivity index (χ2n) is 4.74. The van der Waals surface area contributed by atoms with Crippen LogP contribution in [0.25, 0.3) is 0 Å². The Morgan fingerprint density at radius 1 is 1.50 bits per heavy atom. The largest absolute Gasteiger partial charge is 0.381 e. The van der Waals surface area contributed by atoms with Gasteiger partial charge in [0, 0.05) is 13.2 Å². The Morgan fingerprint density at radius 2 is 2.22 bits per heavy atom. The third-order valence-electron chi connectivity index (χ3n) is 3.37. The lowest BCUT2D eigenvalue weighted by Gasteiger charge is -2.17. The highest BCUT2D eigenvalue weighted by atomic mass is 16.5. The Bertz CT molecular complexity index is 397. The van der Waals surface area contributed by atoms with Crippen LogP contribution in [0.15, 0.2) is 24.3 Å². The number of carbonyl (C=O) groups excluding carboxylic acids is 1. The van der Waals surface area contributed by atoms with E-state index in [2.05, 4.69) is 5.32 Å². The summed E-state index contributed by atoms with van der Waals surface area (Å²) in [6, 6.07) is 8.04. The molecule has 1 aromatic rings. The van der Waals surface area contributed by atoms with Crippen molar-refractivity contribution in [2.24, 2.45) is 11.7 Å². The van der Waals surface area contributed by atoms with Crippen LogP contribution in [0.4, 0.5) is 0 Å². The van der Waals surface area contributed by atoms with E-state index in [9.17, 15) is 4.79 Å². The summed E-state index contributed by atoms with van der Waals surface area (Å²) in [6.07, 6.45) is 0.824. The zero-order valence-corrected chi connectivity index (χ0v) is 10.7. The van der Waals surface area contributed by atoms with E-state index in [1.807, 2.05) is 31.2 Å². The average Bonchev–Trinajstić information content (AvgIpc) is 2.92. The van der Waals surface area contributed by atoms with Gasteiger partial charge in [-0.15, -0.1) is 0 Å². The fraction of sp³-hybridized carbons (Fsp3) is 0.500. The number of benzene rings is 1. The molecule has 0 aliphatic carbocycles. The Morgan fingerprint density at radius 3 is 2.78 bits per heavy atom. The van der Waals surface area contributed by atoms with Gasteiger partial charge in [0.2, 0.25) is 5.91 Å². The van der Waals surface area contributed by atoms with Crippen LogP contribution >= 0.6 is 0 Å². The van der Waals surface area contributed by atoms with E-state index < -0.39 is 0 Å². The van der Waals surface area contributed by atoms with E-state index in [-0.39, 0.29) is 17.9 Å². The van der Waals surface area contributed by atoms with Gasteiger partial charge in [0.1, 0.15) is 0 Å². The van der Waals surface area contributed by atoms with Gasteiger partial charge in [0.15, 0.2) is 0 Å². The first kappa shape index (κ1) is 13.1. The topological polar surface area (TPSA) is 64.3 Å². The van der Waals surface area contributed by atoms with Gasteiger partial charge in [-0.3, -0.25) is 4.79 Å². The lowest BCUT2D eigenvalue weighted by atomic mass is 10.0. The molecule has 18 heavy (non-hydrogen) atoms. The summed E-state index contributed by atoms with van der Waals surface area (Å²) in [5.74, 6) is 0.0960. The van der Waals surface area contributed by atoms with Gasteiger partial charge in [-0.1, -0.05) is 24.3 Å². The number of rotatable bonds is 4. The van der Waals surface area contributed by atoms with Crippen LogP contribution in [0.5, 0.6) is 0 Å². The van der Waals surface area contributed by atoms with Crippen molar-refractivity contribution in [2.75, 3.05) is 13.2 Å². The first-order valence-corrected chi connectivity index (χ1v) is 6.37. The zero-order valence-electron chi connectivity index (χ0n) is 10.7. The molecule has 2 rings (SSSR count). The number of ether oxygens (including phenoxy) is 1. The van der Waals surface area contributed by atoms with Crippen molar-refractivity contribution in [3.8, 4) is 0 Å². The Labute approximate surface area is 108 Å². The number of amides is 1. The second-order valence-corrected chi connectivity index (χ2v) is 4.74. The standard InChI is InChI=1S/C14H20N2O2/c1-10(12-4-2-11(8-15)3-5-12)16-14(17)13-6-7-18-9-13/h2-5,10,13H,6-9,15H2,1H3,(H,16,17). The zero-order chi connectivity index (χ0) is 13.0. The van der Waals surface area contributed by atoms with E-state index in [0.717, 1.165) is 17.5 Å². The normalized spacial score (nSPS) is 20.7. The van der Waals surface area contributed by atoms with Crippen molar-refractivity contribution in [1.29, 1.82) is 0 Å². The van der Waals surface area contributed by atoms with Crippen molar-refractivity contribution in [3.05, 3.63) is 35.4 Å². The highest BCUT2D eigenvalue weighted by molar-refractivity contribution is 5.79.